The molecule has 2 aromatic carbocycles. The van der Waals surface area contributed by atoms with Gasteiger partial charge in [0.15, 0.2) is 6.04 Å². The topological polar surface area (TPSA) is 93.5 Å². The third kappa shape index (κ3) is 3.75. The van der Waals surface area contributed by atoms with Crippen LogP contribution in [0.25, 0.3) is 11.1 Å². The van der Waals surface area contributed by atoms with Crippen LogP contribution in [0.4, 0.5) is 4.79 Å². The maximum absolute atomic E-state index is 12.6. The van der Waals surface area contributed by atoms with Gasteiger partial charge >= 0.3 is 12.1 Å². The van der Waals surface area contributed by atoms with Crippen LogP contribution in [0.3, 0.4) is 0 Å². The molecule has 0 bridgehead atoms. The zero-order chi connectivity index (χ0) is 22.2. The largest absolute Gasteiger partial charge is 0.480 e. The number of carbonyl (C=O) groups excluding carboxylic acids is 1. The van der Waals surface area contributed by atoms with Crippen molar-refractivity contribution in [3.05, 3.63) is 77.6 Å². The van der Waals surface area contributed by atoms with Crippen LogP contribution >= 0.6 is 0 Å². The van der Waals surface area contributed by atoms with Gasteiger partial charge in [-0.15, -0.1) is 0 Å². The summed E-state index contributed by atoms with van der Waals surface area (Å²) in [5.41, 5.74) is 5.60. The molecule has 7 nitrogen and oxygen atoms in total. The van der Waals surface area contributed by atoms with Gasteiger partial charge in [-0.3, -0.25) is 4.68 Å². The third-order valence-corrected chi connectivity index (χ3v) is 6.45. The Labute approximate surface area is 186 Å². The smallest absolute Gasteiger partial charge is 0.407 e. The van der Waals surface area contributed by atoms with Crippen LogP contribution in [0.1, 0.15) is 54.3 Å². The highest BCUT2D eigenvalue weighted by atomic mass is 16.5. The van der Waals surface area contributed by atoms with Crippen LogP contribution in [0.5, 0.6) is 0 Å². The average molecular weight is 431 g/mol. The molecule has 0 aliphatic heterocycles. The highest BCUT2D eigenvalue weighted by Crippen LogP contribution is 2.44. The van der Waals surface area contributed by atoms with Crippen molar-refractivity contribution in [3.63, 3.8) is 0 Å². The summed E-state index contributed by atoms with van der Waals surface area (Å²) >= 11 is 0. The number of amides is 1. The molecule has 1 aromatic heterocycles. The lowest BCUT2D eigenvalue weighted by atomic mass is 9.98. The predicted octanol–water partition coefficient (Wildman–Crippen LogP) is 4.31. The first-order valence-electron chi connectivity index (χ1n) is 10.9. The number of benzene rings is 2. The van der Waals surface area contributed by atoms with Crippen LogP contribution in [-0.2, 0) is 9.53 Å². The first kappa shape index (κ1) is 20.3. The second-order valence-electron chi connectivity index (χ2n) is 8.55. The molecule has 1 saturated carbocycles. The summed E-state index contributed by atoms with van der Waals surface area (Å²) in [7, 11) is 0. The summed E-state index contributed by atoms with van der Waals surface area (Å²) in [5, 5.41) is 16.5. The Morgan fingerprint density at radius 1 is 1.12 bits per heavy atom. The Balaban J connectivity index is 1.27. The van der Waals surface area contributed by atoms with Gasteiger partial charge in [0.25, 0.3) is 0 Å². The Kier molecular flexibility index (Phi) is 5.17. The van der Waals surface area contributed by atoms with Gasteiger partial charge in [-0.2, -0.15) is 5.10 Å². The van der Waals surface area contributed by atoms with Crippen molar-refractivity contribution in [2.75, 3.05) is 6.61 Å². The zero-order valence-corrected chi connectivity index (χ0v) is 17.8. The summed E-state index contributed by atoms with van der Waals surface area (Å²) < 4.78 is 7.12. The molecule has 5 rings (SSSR count). The van der Waals surface area contributed by atoms with Crippen LogP contribution < -0.4 is 5.32 Å². The minimum Gasteiger partial charge on any atom is -0.480 e. The van der Waals surface area contributed by atoms with E-state index in [0.717, 1.165) is 40.7 Å². The van der Waals surface area contributed by atoms with E-state index < -0.39 is 24.1 Å². The molecular weight excluding hydrogens is 406 g/mol. The summed E-state index contributed by atoms with van der Waals surface area (Å²) in [6.07, 6.45) is 5.18. The molecular formula is C25H25N3O4. The normalized spacial score (nSPS) is 16.7. The second kappa shape index (κ2) is 8.15. The fourth-order valence-electron chi connectivity index (χ4n) is 4.51. The molecule has 0 radical (unpaired) electrons. The van der Waals surface area contributed by atoms with Crippen molar-refractivity contribution in [2.24, 2.45) is 0 Å². The number of aromatic nitrogens is 2. The van der Waals surface area contributed by atoms with E-state index in [0.29, 0.717) is 5.92 Å². The Morgan fingerprint density at radius 3 is 2.34 bits per heavy atom. The molecule has 2 unspecified atom stereocenters. The first-order chi connectivity index (χ1) is 15.5. The van der Waals surface area contributed by atoms with Crippen LogP contribution in [-0.4, -0.2) is 39.6 Å². The molecule has 2 aliphatic carbocycles. The van der Waals surface area contributed by atoms with Gasteiger partial charge in [-0.05, 0) is 53.5 Å². The predicted molar refractivity (Wildman–Crippen MR) is 119 cm³/mol. The van der Waals surface area contributed by atoms with Gasteiger partial charge in [-0.25, -0.2) is 9.59 Å². The maximum Gasteiger partial charge on any atom is 0.407 e. The first-order valence-corrected chi connectivity index (χ1v) is 10.9. The molecule has 1 fully saturated rings. The average Bonchev–Trinajstić information content (AvgIpc) is 3.44. The Hall–Kier alpha value is -3.61. The monoisotopic (exact) mass is 431 g/mol. The summed E-state index contributed by atoms with van der Waals surface area (Å²) in [6.45, 7) is 1.86. The SMILES string of the molecule is CC(C(NC(=O)OCC1c2ccccc2-c2ccccc21)C(=O)O)n1cc(C2CC2)cn1. The van der Waals surface area contributed by atoms with Crippen molar-refractivity contribution in [3.8, 4) is 11.1 Å². The summed E-state index contributed by atoms with van der Waals surface area (Å²) in [6, 6.07) is 14.4. The fraction of sp³-hybridized carbons (Fsp3) is 0.320. The van der Waals surface area contributed by atoms with E-state index in [1.807, 2.05) is 42.6 Å². The highest BCUT2D eigenvalue weighted by molar-refractivity contribution is 5.81. The van der Waals surface area contributed by atoms with Crippen molar-refractivity contribution >= 4 is 12.1 Å². The van der Waals surface area contributed by atoms with Crippen LogP contribution in [0.2, 0.25) is 0 Å². The van der Waals surface area contributed by atoms with E-state index in [1.54, 1.807) is 17.8 Å². The number of ether oxygens (including phenoxy) is 1. The molecule has 2 aliphatic rings. The number of nitrogens with one attached hydrogen (secondary N) is 1. The summed E-state index contributed by atoms with van der Waals surface area (Å²) in [4.78, 5) is 24.5. The molecule has 2 N–H and O–H groups in total. The maximum atomic E-state index is 12.6. The quantitative estimate of drug-likeness (QED) is 0.581. The van der Waals surface area contributed by atoms with Gasteiger partial charge in [0.05, 0.1) is 12.2 Å². The molecule has 32 heavy (non-hydrogen) atoms. The molecule has 1 amide bonds. The number of hydrogen-bond donors (Lipinski definition) is 2. The van der Waals surface area contributed by atoms with Crippen molar-refractivity contribution in [1.82, 2.24) is 15.1 Å². The van der Waals surface area contributed by atoms with Crippen LogP contribution in [0.15, 0.2) is 60.9 Å². The van der Waals surface area contributed by atoms with E-state index in [4.69, 9.17) is 4.74 Å². The van der Waals surface area contributed by atoms with E-state index in [1.165, 1.54) is 0 Å². The van der Waals surface area contributed by atoms with E-state index >= 15 is 0 Å². The van der Waals surface area contributed by atoms with Gasteiger partial charge in [0.2, 0.25) is 0 Å². The molecule has 0 saturated heterocycles. The number of carboxylic acid groups (broad SMARTS) is 1. The minimum atomic E-state index is -1.15. The molecule has 0 spiro atoms. The lowest BCUT2D eigenvalue weighted by molar-refractivity contribution is -0.140. The number of hydrogen-bond acceptors (Lipinski definition) is 4. The number of fused-ring (bicyclic) bond motifs is 3. The zero-order valence-electron chi connectivity index (χ0n) is 17.8. The number of rotatable bonds is 7. The number of nitrogens with zero attached hydrogens (tertiary/aromatic N) is 2. The standard InChI is InChI=1S/C25H25N3O4/c1-15(28-13-17(12-26-28)16-10-11-16)23(24(29)30)27-25(31)32-14-22-20-8-4-2-6-18(20)19-7-3-5-9-21(19)22/h2-9,12-13,15-16,22-23H,10-11,14H2,1H3,(H,27,31)(H,29,30). The fourth-order valence-corrected chi connectivity index (χ4v) is 4.51. The minimum absolute atomic E-state index is 0.0823. The van der Waals surface area contributed by atoms with Gasteiger partial charge in [0, 0.05) is 12.1 Å². The van der Waals surface area contributed by atoms with Crippen molar-refractivity contribution in [1.29, 1.82) is 0 Å². The van der Waals surface area contributed by atoms with Gasteiger partial charge in [-0.1, -0.05) is 48.5 Å². The van der Waals surface area contributed by atoms with Crippen molar-refractivity contribution < 1.29 is 19.4 Å². The molecule has 164 valence electrons. The number of alkyl carbamates (subject to hydrolysis) is 1. The molecule has 1 heterocycles. The second-order valence-corrected chi connectivity index (χ2v) is 8.55. The number of carboxylic acids is 1. The van der Waals surface area contributed by atoms with E-state index in [2.05, 4.69) is 22.5 Å². The van der Waals surface area contributed by atoms with E-state index in [9.17, 15) is 14.7 Å². The lowest BCUT2D eigenvalue weighted by Crippen LogP contribution is -2.46. The highest BCUT2D eigenvalue weighted by Gasteiger charge is 2.33. The number of aliphatic carboxylic acids is 1. The Morgan fingerprint density at radius 2 is 1.75 bits per heavy atom. The number of carbonyl (C=O) groups is 2. The molecule has 2 atom stereocenters. The molecule has 7 heteroatoms. The third-order valence-electron chi connectivity index (χ3n) is 6.45. The van der Waals surface area contributed by atoms with Gasteiger partial charge < -0.3 is 15.2 Å². The molecule has 3 aromatic rings. The van der Waals surface area contributed by atoms with Gasteiger partial charge in [0.1, 0.15) is 6.61 Å². The van der Waals surface area contributed by atoms with Crippen molar-refractivity contribution in [2.45, 2.75) is 43.7 Å². The lowest BCUT2D eigenvalue weighted by Gasteiger charge is -2.22. The van der Waals surface area contributed by atoms with E-state index in [-0.39, 0.29) is 12.5 Å². The summed E-state index contributed by atoms with van der Waals surface area (Å²) in [5.74, 6) is -0.690. The van der Waals surface area contributed by atoms with Crippen LogP contribution in [0, 0.1) is 0 Å². The Bertz CT molecular complexity index is 1120.